The zero-order chi connectivity index (χ0) is 13.0. The van der Waals surface area contributed by atoms with Crippen molar-refractivity contribution in [2.24, 2.45) is 0 Å². The molecule has 0 atom stereocenters. The Balaban J connectivity index is 2.19. The van der Waals surface area contributed by atoms with Crippen LogP contribution in [0.25, 0.3) is 10.8 Å². The third kappa shape index (κ3) is 2.96. The van der Waals surface area contributed by atoms with Crippen LogP contribution in [-0.4, -0.2) is 17.0 Å². The van der Waals surface area contributed by atoms with E-state index in [4.69, 9.17) is 4.74 Å². The summed E-state index contributed by atoms with van der Waals surface area (Å²) in [5.74, 6) is 1.23. The molecule has 0 saturated heterocycles. The van der Waals surface area contributed by atoms with Gasteiger partial charge in [-0.05, 0) is 54.3 Å². The molecule has 96 valence electrons. The van der Waals surface area contributed by atoms with Crippen molar-refractivity contribution in [1.82, 2.24) is 0 Å². The molecule has 0 fully saturated rings. The van der Waals surface area contributed by atoms with Gasteiger partial charge in [0.05, 0.1) is 6.61 Å². The molecule has 1 N–H and O–H groups in total. The fourth-order valence-electron chi connectivity index (χ4n) is 1.99. The maximum atomic E-state index is 9.46. The third-order valence-electron chi connectivity index (χ3n) is 3.01. The number of aryl methyl sites for hydroxylation is 1. The maximum Gasteiger partial charge on any atom is 0.122 e. The van der Waals surface area contributed by atoms with Gasteiger partial charge in [0, 0.05) is 5.33 Å². The Morgan fingerprint density at radius 2 is 2.00 bits per heavy atom. The number of hydrogen-bond acceptors (Lipinski definition) is 2. The number of phenolic OH excluding ortho intramolecular Hbond substituents is 1. The molecule has 2 aromatic carbocycles. The quantitative estimate of drug-likeness (QED) is 0.655. The van der Waals surface area contributed by atoms with E-state index in [0.717, 1.165) is 46.9 Å². The minimum absolute atomic E-state index is 0.299. The molecular weight excluding hydrogens is 292 g/mol. The van der Waals surface area contributed by atoms with E-state index in [1.165, 1.54) is 0 Å². The van der Waals surface area contributed by atoms with Crippen LogP contribution in [-0.2, 0) is 0 Å². The van der Waals surface area contributed by atoms with Crippen molar-refractivity contribution in [2.75, 3.05) is 11.9 Å². The minimum Gasteiger partial charge on any atom is -0.508 e. The molecule has 0 heterocycles. The second kappa shape index (κ2) is 6.10. The molecule has 0 aliphatic carbocycles. The first-order valence-electron chi connectivity index (χ1n) is 6.13. The monoisotopic (exact) mass is 308 g/mol. The topological polar surface area (TPSA) is 29.5 Å². The highest BCUT2D eigenvalue weighted by Gasteiger charge is 2.05. The second-order valence-electron chi connectivity index (χ2n) is 4.34. The average Bonchev–Trinajstić information content (AvgIpc) is 2.37. The molecule has 2 rings (SSSR count). The van der Waals surface area contributed by atoms with Gasteiger partial charge in [0.1, 0.15) is 11.5 Å². The van der Waals surface area contributed by atoms with E-state index in [2.05, 4.69) is 22.9 Å². The van der Waals surface area contributed by atoms with Gasteiger partial charge < -0.3 is 9.84 Å². The van der Waals surface area contributed by atoms with Crippen LogP contribution >= 0.6 is 15.9 Å². The van der Waals surface area contributed by atoms with Crippen molar-refractivity contribution in [3.8, 4) is 11.5 Å². The van der Waals surface area contributed by atoms with Gasteiger partial charge in [-0.2, -0.15) is 0 Å². The van der Waals surface area contributed by atoms with Gasteiger partial charge in [-0.15, -0.1) is 0 Å². The summed E-state index contributed by atoms with van der Waals surface area (Å²) < 4.78 is 5.79. The number of alkyl halides is 1. The Labute approximate surface area is 116 Å². The Hall–Kier alpha value is -1.22. The molecule has 2 aromatic rings. The Bertz CT molecular complexity index is 537. The lowest BCUT2D eigenvalue weighted by atomic mass is 10.0. The van der Waals surface area contributed by atoms with Gasteiger partial charge in [0.15, 0.2) is 0 Å². The molecule has 0 aliphatic heterocycles. The lowest BCUT2D eigenvalue weighted by Crippen LogP contribution is -1.99. The summed E-state index contributed by atoms with van der Waals surface area (Å²) in [5, 5.41) is 12.6. The van der Waals surface area contributed by atoms with Crippen molar-refractivity contribution < 1.29 is 9.84 Å². The number of aromatic hydroxyl groups is 1. The number of unbranched alkanes of at least 4 members (excludes halogenated alkanes) is 1. The van der Waals surface area contributed by atoms with Crippen molar-refractivity contribution >= 4 is 26.7 Å². The normalized spacial score (nSPS) is 10.8. The minimum atomic E-state index is 0.299. The molecule has 0 unspecified atom stereocenters. The number of fused-ring (bicyclic) bond motifs is 1. The molecule has 0 radical (unpaired) electrons. The molecule has 0 saturated carbocycles. The molecule has 2 nitrogen and oxygen atoms in total. The van der Waals surface area contributed by atoms with E-state index in [9.17, 15) is 5.11 Å². The predicted molar refractivity (Wildman–Crippen MR) is 78.9 cm³/mol. The molecule has 0 spiro atoms. The maximum absolute atomic E-state index is 9.46. The molecular formula is C15H17BrO2. The Morgan fingerprint density at radius 3 is 2.78 bits per heavy atom. The fraction of sp³-hybridized carbons (Fsp3) is 0.333. The van der Waals surface area contributed by atoms with E-state index < -0.39 is 0 Å². The lowest BCUT2D eigenvalue weighted by Gasteiger charge is -2.11. The average molecular weight is 309 g/mol. The standard InChI is InChI=1S/C15H17BrO2/c1-11-14-6-5-13(17)10-12(14)4-7-15(11)18-9-3-2-8-16/h4-7,10,17H,2-3,8-9H2,1H3. The first-order valence-corrected chi connectivity index (χ1v) is 7.25. The second-order valence-corrected chi connectivity index (χ2v) is 5.13. The molecule has 0 bridgehead atoms. The van der Waals surface area contributed by atoms with Crippen LogP contribution in [0.2, 0.25) is 0 Å². The zero-order valence-corrected chi connectivity index (χ0v) is 12.0. The van der Waals surface area contributed by atoms with Gasteiger partial charge in [0.2, 0.25) is 0 Å². The van der Waals surface area contributed by atoms with E-state index >= 15 is 0 Å². The van der Waals surface area contributed by atoms with Crippen molar-refractivity contribution in [3.05, 3.63) is 35.9 Å². The van der Waals surface area contributed by atoms with Crippen LogP contribution in [0.1, 0.15) is 18.4 Å². The van der Waals surface area contributed by atoms with Gasteiger partial charge in [-0.3, -0.25) is 0 Å². The van der Waals surface area contributed by atoms with Gasteiger partial charge >= 0.3 is 0 Å². The van der Waals surface area contributed by atoms with E-state index in [1.807, 2.05) is 18.2 Å². The first-order chi connectivity index (χ1) is 8.72. The summed E-state index contributed by atoms with van der Waals surface area (Å²) in [6.45, 7) is 2.80. The SMILES string of the molecule is Cc1c(OCCCCBr)ccc2cc(O)ccc12. The molecule has 0 amide bonds. The highest BCUT2D eigenvalue weighted by molar-refractivity contribution is 9.09. The number of rotatable bonds is 5. The van der Waals surface area contributed by atoms with Crippen LogP contribution in [0, 0.1) is 6.92 Å². The van der Waals surface area contributed by atoms with Crippen LogP contribution in [0.15, 0.2) is 30.3 Å². The highest BCUT2D eigenvalue weighted by Crippen LogP contribution is 2.29. The number of hydrogen-bond donors (Lipinski definition) is 1. The zero-order valence-electron chi connectivity index (χ0n) is 10.4. The van der Waals surface area contributed by atoms with E-state index in [-0.39, 0.29) is 0 Å². The van der Waals surface area contributed by atoms with E-state index in [1.54, 1.807) is 12.1 Å². The van der Waals surface area contributed by atoms with Gasteiger partial charge in [-0.25, -0.2) is 0 Å². The third-order valence-corrected chi connectivity index (χ3v) is 3.57. The lowest BCUT2D eigenvalue weighted by molar-refractivity contribution is 0.308. The summed E-state index contributed by atoms with van der Waals surface area (Å²) in [7, 11) is 0. The van der Waals surface area contributed by atoms with Gasteiger partial charge in [0.25, 0.3) is 0 Å². The smallest absolute Gasteiger partial charge is 0.122 e. The Kier molecular flexibility index (Phi) is 4.48. The van der Waals surface area contributed by atoms with Crippen LogP contribution < -0.4 is 4.74 Å². The largest absolute Gasteiger partial charge is 0.508 e. The predicted octanol–water partition coefficient (Wildman–Crippen LogP) is 4.41. The number of ether oxygens (including phenoxy) is 1. The van der Waals surface area contributed by atoms with Crippen molar-refractivity contribution in [3.63, 3.8) is 0 Å². The highest BCUT2D eigenvalue weighted by atomic mass is 79.9. The van der Waals surface area contributed by atoms with Crippen LogP contribution in [0.5, 0.6) is 11.5 Å². The number of benzene rings is 2. The number of phenols is 1. The molecule has 0 aromatic heterocycles. The van der Waals surface area contributed by atoms with Gasteiger partial charge in [-0.1, -0.05) is 28.1 Å². The Morgan fingerprint density at radius 1 is 1.17 bits per heavy atom. The summed E-state index contributed by atoms with van der Waals surface area (Å²) in [6.07, 6.45) is 2.18. The summed E-state index contributed by atoms with van der Waals surface area (Å²) >= 11 is 3.41. The summed E-state index contributed by atoms with van der Waals surface area (Å²) in [4.78, 5) is 0. The van der Waals surface area contributed by atoms with Crippen molar-refractivity contribution in [2.45, 2.75) is 19.8 Å². The van der Waals surface area contributed by atoms with Crippen molar-refractivity contribution in [1.29, 1.82) is 0 Å². The molecule has 3 heteroatoms. The fourth-order valence-corrected chi connectivity index (χ4v) is 2.38. The summed E-state index contributed by atoms with van der Waals surface area (Å²) in [6, 6.07) is 9.39. The van der Waals surface area contributed by atoms with Crippen LogP contribution in [0.4, 0.5) is 0 Å². The molecule has 18 heavy (non-hydrogen) atoms. The summed E-state index contributed by atoms with van der Waals surface area (Å²) in [5.41, 5.74) is 1.13. The first kappa shape index (κ1) is 13.2. The number of halogens is 1. The molecule has 0 aliphatic rings. The van der Waals surface area contributed by atoms with Crippen LogP contribution in [0.3, 0.4) is 0 Å². The van der Waals surface area contributed by atoms with E-state index in [0.29, 0.717) is 5.75 Å².